The molecule has 0 radical (unpaired) electrons. The van der Waals surface area contributed by atoms with Crippen molar-refractivity contribution in [3.8, 4) is 0 Å². The number of rotatable bonds is 1. The summed E-state index contributed by atoms with van der Waals surface area (Å²) in [5.41, 5.74) is -1.63. The van der Waals surface area contributed by atoms with Crippen LogP contribution in [0.15, 0.2) is 60.7 Å². The number of aromatic nitrogens is 1. The molecule has 2 aromatic carbocycles. The third-order valence-electron chi connectivity index (χ3n) is 4.23. The van der Waals surface area contributed by atoms with Crippen LogP contribution in [0, 0.1) is 0 Å². The molecule has 122 valence electrons. The van der Waals surface area contributed by atoms with E-state index >= 15 is 0 Å². The fourth-order valence-corrected chi connectivity index (χ4v) is 3.30. The van der Waals surface area contributed by atoms with Gasteiger partial charge in [-0.1, -0.05) is 48.0 Å². The van der Waals surface area contributed by atoms with E-state index in [9.17, 15) is 18.3 Å². The van der Waals surface area contributed by atoms with Crippen LogP contribution in [0.1, 0.15) is 11.3 Å². The van der Waals surface area contributed by atoms with E-state index in [0.717, 1.165) is 10.6 Å². The smallest absolute Gasteiger partial charge is 0.360 e. The van der Waals surface area contributed by atoms with Crippen molar-refractivity contribution >= 4 is 28.1 Å². The van der Waals surface area contributed by atoms with Gasteiger partial charge in [0.05, 0.1) is 11.2 Å². The summed E-state index contributed by atoms with van der Waals surface area (Å²) in [7, 11) is 0. The van der Waals surface area contributed by atoms with Gasteiger partial charge in [0.1, 0.15) is 0 Å². The summed E-state index contributed by atoms with van der Waals surface area (Å²) in [6.45, 7) is 0. The van der Waals surface area contributed by atoms with Gasteiger partial charge < -0.3 is 9.67 Å². The first-order chi connectivity index (χ1) is 11.3. The second kappa shape index (κ2) is 4.88. The number of halogens is 4. The molecule has 2 nitrogen and oxygen atoms in total. The second-order valence-electron chi connectivity index (χ2n) is 5.72. The van der Waals surface area contributed by atoms with Crippen molar-refractivity contribution in [1.29, 1.82) is 0 Å². The van der Waals surface area contributed by atoms with Gasteiger partial charge in [0.15, 0.2) is 0 Å². The summed E-state index contributed by atoms with van der Waals surface area (Å²) in [4.78, 5) is 0. The topological polar surface area (TPSA) is 25.2 Å². The van der Waals surface area contributed by atoms with Gasteiger partial charge in [-0.15, -0.1) is 0 Å². The summed E-state index contributed by atoms with van der Waals surface area (Å²) in [6, 6.07) is 15.0. The molecule has 1 aliphatic rings. The van der Waals surface area contributed by atoms with Crippen molar-refractivity contribution in [2.45, 2.75) is 11.9 Å². The lowest BCUT2D eigenvalue weighted by Gasteiger charge is -2.27. The lowest BCUT2D eigenvalue weighted by atomic mass is 10.0. The van der Waals surface area contributed by atoms with Crippen LogP contribution in [0.25, 0.3) is 16.5 Å². The zero-order chi connectivity index (χ0) is 17.1. The molecule has 6 heteroatoms. The van der Waals surface area contributed by atoms with Crippen LogP contribution in [-0.2, 0) is 5.72 Å². The fraction of sp³-hybridized carbons (Fsp3) is 0.111. The predicted molar refractivity (Wildman–Crippen MR) is 86.7 cm³/mol. The molecule has 0 fully saturated rings. The molecule has 1 unspecified atom stereocenters. The van der Waals surface area contributed by atoms with Gasteiger partial charge in [0.2, 0.25) is 0 Å². The highest BCUT2D eigenvalue weighted by Gasteiger charge is 2.58. The summed E-state index contributed by atoms with van der Waals surface area (Å²) >= 11 is 5.94. The van der Waals surface area contributed by atoms with Gasteiger partial charge in [0, 0.05) is 16.0 Å². The minimum absolute atomic E-state index is 0.236. The SMILES string of the molecule is OC1(C(F)(F)F)C=C(c2ccccc2)c2cc3ccc(Cl)cc3n21. The Balaban J connectivity index is 2.08. The Morgan fingerprint density at radius 3 is 2.38 bits per heavy atom. The highest BCUT2D eigenvalue weighted by atomic mass is 35.5. The number of hydrogen-bond donors (Lipinski definition) is 1. The molecule has 0 amide bonds. The standard InChI is InChI=1S/C18H11ClF3NO/c19-13-7-6-12-8-16-14(11-4-2-1-3-5-11)10-17(24,18(20,21)22)23(16)15(12)9-13/h1-10,24H. The summed E-state index contributed by atoms with van der Waals surface area (Å²) in [5, 5.41) is 11.4. The number of aliphatic hydroxyl groups is 1. The Labute approximate surface area is 140 Å². The summed E-state index contributed by atoms with van der Waals surface area (Å²) < 4.78 is 41.9. The minimum Gasteiger partial charge on any atom is -0.360 e. The highest BCUT2D eigenvalue weighted by molar-refractivity contribution is 6.31. The van der Waals surface area contributed by atoms with Gasteiger partial charge >= 0.3 is 6.18 Å². The molecule has 1 aliphatic heterocycles. The van der Waals surface area contributed by atoms with Crippen molar-refractivity contribution in [2.24, 2.45) is 0 Å². The van der Waals surface area contributed by atoms with Crippen LogP contribution in [0.3, 0.4) is 0 Å². The van der Waals surface area contributed by atoms with E-state index in [0.29, 0.717) is 27.2 Å². The highest BCUT2D eigenvalue weighted by Crippen LogP contribution is 2.48. The second-order valence-corrected chi connectivity index (χ2v) is 6.15. The van der Waals surface area contributed by atoms with Gasteiger partial charge in [-0.2, -0.15) is 13.2 Å². The largest absolute Gasteiger partial charge is 0.441 e. The van der Waals surface area contributed by atoms with Crippen LogP contribution in [0.4, 0.5) is 13.2 Å². The molecule has 3 aromatic rings. The molecule has 0 saturated carbocycles. The maximum atomic E-state index is 13.7. The van der Waals surface area contributed by atoms with E-state index in [-0.39, 0.29) is 5.52 Å². The van der Waals surface area contributed by atoms with E-state index in [4.69, 9.17) is 11.6 Å². The van der Waals surface area contributed by atoms with E-state index in [1.807, 2.05) is 0 Å². The average Bonchev–Trinajstić information content (AvgIpc) is 3.04. The number of benzene rings is 2. The molecule has 24 heavy (non-hydrogen) atoms. The Kier molecular flexibility index (Phi) is 3.11. The lowest BCUT2D eigenvalue weighted by Crippen LogP contribution is -2.44. The van der Waals surface area contributed by atoms with E-state index in [1.165, 1.54) is 6.07 Å². The normalized spacial score (nSPS) is 20.3. The van der Waals surface area contributed by atoms with Gasteiger partial charge in [0.25, 0.3) is 5.72 Å². The first-order valence-electron chi connectivity index (χ1n) is 7.20. The number of fused-ring (bicyclic) bond motifs is 3. The van der Waals surface area contributed by atoms with Crippen LogP contribution >= 0.6 is 11.6 Å². The first kappa shape index (κ1) is 15.3. The molecule has 0 bridgehead atoms. The van der Waals surface area contributed by atoms with Crippen LogP contribution < -0.4 is 0 Å². The molecule has 2 heterocycles. The Morgan fingerprint density at radius 1 is 1.00 bits per heavy atom. The third kappa shape index (κ3) is 2.01. The Morgan fingerprint density at radius 2 is 1.71 bits per heavy atom. The molecular weight excluding hydrogens is 339 g/mol. The van der Waals surface area contributed by atoms with Gasteiger partial charge in [-0.3, -0.25) is 0 Å². The van der Waals surface area contributed by atoms with Crippen LogP contribution in [0.5, 0.6) is 0 Å². The molecule has 1 aromatic heterocycles. The molecule has 0 spiro atoms. The molecular formula is C18H11ClF3NO. The minimum atomic E-state index is -4.87. The maximum Gasteiger partial charge on any atom is 0.441 e. The van der Waals surface area contributed by atoms with E-state index in [1.54, 1.807) is 48.5 Å². The predicted octanol–water partition coefficient (Wildman–Crippen LogP) is 4.95. The van der Waals surface area contributed by atoms with Crippen molar-refractivity contribution < 1.29 is 18.3 Å². The van der Waals surface area contributed by atoms with Crippen LogP contribution in [-0.4, -0.2) is 15.8 Å². The monoisotopic (exact) mass is 349 g/mol. The number of nitrogens with zero attached hydrogens (tertiary/aromatic N) is 1. The first-order valence-corrected chi connectivity index (χ1v) is 7.58. The van der Waals surface area contributed by atoms with Crippen molar-refractivity contribution in [2.75, 3.05) is 0 Å². The molecule has 1 atom stereocenters. The average molecular weight is 350 g/mol. The van der Waals surface area contributed by atoms with Crippen molar-refractivity contribution in [1.82, 2.24) is 4.57 Å². The van der Waals surface area contributed by atoms with Crippen molar-refractivity contribution in [3.63, 3.8) is 0 Å². The quantitative estimate of drug-likeness (QED) is 0.661. The maximum absolute atomic E-state index is 13.7. The summed E-state index contributed by atoms with van der Waals surface area (Å²) in [6.07, 6.45) is -4.01. The third-order valence-corrected chi connectivity index (χ3v) is 4.47. The van der Waals surface area contributed by atoms with Crippen molar-refractivity contribution in [3.05, 3.63) is 77.0 Å². The van der Waals surface area contributed by atoms with Crippen LogP contribution in [0.2, 0.25) is 5.02 Å². The molecule has 0 saturated heterocycles. The fourth-order valence-electron chi connectivity index (χ4n) is 3.14. The summed E-state index contributed by atoms with van der Waals surface area (Å²) in [5.74, 6) is 0. The van der Waals surface area contributed by atoms with E-state index in [2.05, 4.69) is 0 Å². The number of alkyl halides is 3. The molecule has 1 N–H and O–H groups in total. The number of hydrogen-bond acceptors (Lipinski definition) is 1. The zero-order valence-corrected chi connectivity index (χ0v) is 12.9. The lowest BCUT2D eigenvalue weighted by molar-refractivity contribution is -0.272. The molecule has 0 aliphatic carbocycles. The van der Waals surface area contributed by atoms with E-state index < -0.39 is 11.9 Å². The van der Waals surface area contributed by atoms with Gasteiger partial charge in [-0.25, -0.2) is 0 Å². The Bertz CT molecular complexity index is 975. The van der Waals surface area contributed by atoms with Gasteiger partial charge in [-0.05, 0) is 29.8 Å². The molecule has 4 rings (SSSR count). The Hall–Kier alpha value is -2.24. The zero-order valence-electron chi connectivity index (χ0n) is 12.2.